The predicted molar refractivity (Wildman–Crippen MR) is 100 cm³/mol. The number of halogens is 1. The molecule has 0 fully saturated rings. The van der Waals surface area contributed by atoms with Crippen molar-refractivity contribution in [1.29, 1.82) is 0 Å². The Morgan fingerprint density at radius 1 is 1.08 bits per heavy atom. The fourth-order valence-electron chi connectivity index (χ4n) is 2.09. The lowest BCUT2D eigenvalue weighted by Crippen LogP contribution is -2.28. The third kappa shape index (κ3) is 6.29. The first kappa shape index (κ1) is 19.6. The average molecular weight is 377 g/mol. The van der Waals surface area contributed by atoms with Gasteiger partial charge in [0, 0.05) is 17.3 Å². The molecule has 6 nitrogen and oxygen atoms in total. The molecule has 2 aromatic rings. The Bertz CT molecular complexity index is 732. The van der Waals surface area contributed by atoms with E-state index in [1.54, 1.807) is 50.2 Å². The SMILES string of the molecule is CCOC(=O)C(C)Oc1ccc(CNC(=O)Nc2ccc(Cl)cc2)cc1. The number of hydrogen-bond donors (Lipinski definition) is 2. The summed E-state index contributed by atoms with van der Waals surface area (Å²) in [7, 11) is 0. The number of benzene rings is 2. The molecule has 0 aliphatic rings. The van der Waals surface area contributed by atoms with Crippen LogP contribution in [0.15, 0.2) is 48.5 Å². The number of ether oxygens (including phenoxy) is 2. The van der Waals surface area contributed by atoms with E-state index in [2.05, 4.69) is 10.6 Å². The lowest BCUT2D eigenvalue weighted by atomic mass is 10.2. The molecular weight excluding hydrogens is 356 g/mol. The van der Waals surface area contributed by atoms with Gasteiger partial charge in [0.05, 0.1) is 6.61 Å². The Labute approximate surface area is 157 Å². The van der Waals surface area contributed by atoms with Crippen LogP contribution in [0.25, 0.3) is 0 Å². The minimum atomic E-state index is -0.677. The van der Waals surface area contributed by atoms with Crippen molar-refractivity contribution in [1.82, 2.24) is 5.32 Å². The number of urea groups is 1. The highest BCUT2D eigenvalue weighted by molar-refractivity contribution is 6.30. The summed E-state index contributed by atoms with van der Waals surface area (Å²) in [6.07, 6.45) is -0.677. The first-order chi connectivity index (χ1) is 12.5. The van der Waals surface area contributed by atoms with Crippen LogP contribution >= 0.6 is 11.6 Å². The Morgan fingerprint density at radius 2 is 1.73 bits per heavy atom. The van der Waals surface area contributed by atoms with Crippen LogP contribution in [0, 0.1) is 0 Å². The van der Waals surface area contributed by atoms with Gasteiger partial charge in [-0.3, -0.25) is 0 Å². The van der Waals surface area contributed by atoms with Crippen LogP contribution in [-0.4, -0.2) is 24.7 Å². The fourth-order valence-corrected chi connectivity index (χ4v) is 2.21. The number of hydrogen-bond acceptors (Lipinski definition) is 4. The van der Waals surface area contributed by atoms with Crippen molar-refractivity contribution < 1.29 is 19.1 Å². The topological polar surface area (TPSA) is 76.7 Å². The standard InChI is InChI=1S/C19H21ClN2O4/c1-3-25-18(23)13(2)26-17-10-4-14(5-11-17)12-21-19(24)22-16-8-6-15(20)7-9-16/h4-11,13H,3,12H2,1-2H3,(H2,21,22,24). The molecule has 138 valence electrons. The van der Waals surface area contributed by atoms with E-state index in [4.69, 9.17) is 21.1 Å². The van der Waals surface area contributed by atoms with E-state index in [1.807, 2.05) is 12.1 Å². The van der Waals surface area contributed by atoms with Crippen molar-refractivity contribution in [3.63, 3.8) is 0 Å². The molecule has 0 aliphatic carbocycles. The molecule has 1 atom stereocenters. The summed E-state index contributed by atoms with van der Waals surface area (Å²) in [5.74, 6) is 0.150. The summed E-state index contributed by atoms with van der Waals surface area (Å²) in [5.41, 5.74) is 1.55. The van der Waals surface area contributed by atoms with E-state index >= 15 is 0 Å². The molecule has 0 saturated carbocycles. The van der Waals surface area contributed by atoms with E-state index in [1.165, 1.54) is 0 Å². The number of nitrogens with one attached hydrogen (secondary N) is 2. The highest BCUT2D eigenvalue weighted by Crippen LogP contribution is 2.15. The van der Waals surface area contributed by atoms with Crippen LogP contribution in [0.3, 0.4) is 0 Å². The van der Waals surface area contributed by atoms with Gasteiger partial charge >= 0.3 is 12.0 Å². The van der Waals surface area contributed by atoms with Gasteiger partial charge in [0.25, 0.3) is 0 Å². The van der Waals surface area contributed by atoms with Crippen LogP contribution in [0.1, 0.15) is 19.4 Å². The number of amides is 2. The molecule has 0 aromatic heterocycles. The summed E-state index contributed by atoms with van der Waals surface area (Å²) in [4.78, 5) is 23.4. The Hall–Kier alpha value is -2.73. The highest BCUT2D eigenvalue weighted by Gasteiger charge is 2.15. The van der Waals surface area contributed by atoms with Crippen molar-refractivity contribution in [2.45, 2.75) is 26.5 Å². The van der Waals surface area contributed by atoms with Crippen molar-refractivity contribution in [3.05, 3.63) is 59.1 Å². The van der Waals surface area contributed by atoms with Gasteiger partial charge < -0.3 is 20.1 Å². The third-order valence-corrected chi connectivity index (χ3v) is 3.66. The van der Waals surface area contributed by atoms with Gasteiger partial charge in [-0.05, 0) is 55.8 Å². The number of anilines is 1. The molecule has 0 heterocycles. The van der Waals surface area contributed by atoms with E-state index < -0.39 is 12.1 Å². The molecule has 7 heteroatoms. The van der Waals surface area contributed by atoms with Gasteiger partial charge in [-0.2, -0.15) is 0 Å². The van der Waals surface area contributed by atoms with Crippen LogP contribution in [0.2, 0.25) is 5.02 Å². The third-order valence-electron chi connectivity index (χ3n) is 3.41. The highest BCUT2D eigenvalue weighted by atomic mass is 35.5. The van der Waals surface area contributed by atoms with E-state index in [0.29, 0.717) is 29.6 Å². The first-order valence-electron chi connectivity index (χ1n) is 8.20. The zero-order valence-corrected chi connectivity index (χ0v) is 15.4. The van der Waals surface area contributed by atoms with Crippen LogP contribution < -0.4 is 15.4 Å². The molecule has 0 saturated heterocycles. The van der Waals surface area contributed by atoms with Crippen molar-refractivity contribution >= 4 is 29.3 Å². The summed E-state index contributed by atoms with van der Waals surface area (Å²) < 4.78 is 10.4. The molecule has 0 aliphatic heterocycles. The second-order valence-electron chi connectivity index (χ2n) is 5.47. The normalized spacial score (nSPS) is 11.3. The predicted octanol–water partition coefficient (Wildman–Crippen LogP) is 3.99. The smallest absolute Gasteiger partial charge is 0.347 e. The molecule has 0 spiro atoms. The molecule has 26 heavy (non-hydrogen) atoms. The minimum Gasteiger partial charge on any atom is -0.479 e. The van der Waals surface area contributed by atoms with Crippen molar-refractivity contribution in [3.8, 4) is 5.75 Å². The molecular formula is C19H21ClN2O4. The van der Waals surface area contributed by atoms with Crippen LogP contribution in [0.5, 0.6) is 5.75 Å². The second kappa shape index (κ2) is 9.68. The number of rotatable bonds is 7. The zero-order chi connectivity index (χ0) is 18.9. The average Bonchev–Trinajstić information content (AvgIpc) is 2.63. The maximum Gasteiger partial charge on any atom is 0.347 e. The summed E-state index contributed by atoms with van der Waals surface area (Å²) >= 11 is 5.80. The molecule has 0 radical (unpaired) electrons. The minimum absolute atomic E-state index is 0.315. The first-order valence-corrected chi connectivity index (χ1v) is 8.58. The van der Waals surface area contributed by atoms with Gasteiger partial charge in [0.15, 0.2) is 6.10 Å². The number of carbonyl (C=O) groups excluding carboxylic acids is 2. The summed E-state index contributed by atoms with van der Waals surface area (Å²) in [6.45, 7) is 4.05. The van der Waals surface area contributed by atoms with Gasteiger partial charge in [0.2, 0.25) is 0 Å². The quantitative estimate of drug-likeness (QED) is 0.716. The van der Waals surface area contributed by atoms with Crippen LogP contribution in [-0.2, 0) is 16.1 Å². The van der Waals surface area contributed by atoms with Gasteiger partial charge in [-0.15, -0.1) is 0 Å². The molecule has 2 N–H and O–H groups in total. The molecule has 1 unspecified atom stereocenters. The van der Waals surface area contributed by atoms with Gasteiger partial charge in [0.1, 0.15) is 5.75 Å². The summed E-state index contributed by atoms with van der Waals surface area (Å²) in [5, 5.41) is 6.08. The monoisotopic (exact) mass is 376 g/mol. The molecule has 2 rings (SSSR count). The summed E-state index contributed by atoms with van der Waals surface area (Å²) in [6, 6.07) is 13.6. The lowest BCUT2D eigenvalue weighted by molar-refractivity contribution is -0.150. The zero-order valence-electron chi connectivity index (χ0n) is 14.6. The van der Waals surface area contributed by atoms with Gasteiger partial charge in [-0.25, -0.2) is 9.59 Å². The Kier molecular flexibility index (Phi) is 7.29. The van der Waals surface area contributed by atoms with Crippen molar-refractivity contribution in [2.24, 2.45) is 0 Å². The number of carbonyl (C=O) groups is 2. The van der Waals surface area contributed by atoms with Crippen LogP contribution in [0.4, 0.5) is 10.5 Å². The molecule has 2 amide bonds. The van der Waals surface area contributed by atoms with E-state index in [-0.39, 0.29) is 6.03 Å². The maximum absolute atomic E-state index is 11.9. The maximum atomic E-state index is 11.9. The van der Waals surface area contributed by atoms with Crippen molar-refractivity contribution in [2.75, 3.05) is 11.9 Å². The molecule has 0 bridgehead atoms. The molecule has 2 aromatic carbocycles. The largest absolute Gasteiger partial charge is 0.479 e. The lowest BCUT2D eigenvalue weighted by Gasteiger charge is -2.13. The Morgan fingerprint density at radius 3 is 2.35 bits per heavy atom. The van der Waals surface area contributed by atoms with E-state index in [9.17, 15) is 9.59 Å². The second-order valence-corrected chi connectivity index (χ2v) is 5.91. The van der Waals surface area contributed by atoms with E-state index in [0.717, 1.165) is 5.56 Å². The Balaban J connectivity index is 1.80. The fraction of sp³-hybridized carbons (Fsp3) is 0.263. The number of esters is 1. The van der Waals surface area contributed by atoms with Gasteiger partial charge in [-0.1, -0.05) is 23.7 Å².